The van der Waals surface area contributed by atoms with Crippen LogP contribution in [0.3, 0.4) is 0 Å². The van der Waals surface area contributed by atoms with Crippen LogP contribution in [0, 0.1) is 6.92 Å². The molecule has 0 atom stereocenters. The van der Waals surface area contributed by atoms with E-state index < -0.39 is 0 Å². The van der Waals surface area contributed by atoms with Gasteiger partial charge in [-0.2, -0.15) is 0 Å². The van der Waals surface area contributed by atoms with Gasteiger partial charge in [0.2, 0.25) is 11.8 Å². The molecule has 0 radical (unpaired) electrons. The molecule has 1 amide bonds. The molecule has 7 heteroatoms. The molecule has 3 N–H and O–H groups in total. The van der Waals surface area contributed by atoms with E-state index in [1.165, 1.54) is 11.8 Å². The van der Waals surface area contributed by atoms with E-state index in [1.807, 2.05) is 12.1 Å². The van der Waals surface area contributed by atoms with Crippen molar-refractivity contribution in [3.8, 4) is 0 Å². The van der Waals surface area contributed by atoms with E-state index in [1.54, 1.807) is 19.1 Å². The Labute approximate surface area is 123 Å². The number of aromatic nitrogens is 1. The Morgan fingerprint density at radius 1 is 1.53 bits per heavy atom. The van der Waals surface area contributed by atoms with Crippen LogP contribution in [0.5, 0.6) is 0 Å². The highest BCUT2D eigenvalue weighted by molar-refractivity contribution is 9.10. The second-order valence-electron chi connectivity index (χ2n) is 3.85. The fourth-order valence-corrected chi connectivity index (χ4v) is 2.69. The van der Waals surface area contributed by atoms with Crippen LogP contribution >= 0.6 is 27.7 Å². The maximum atomic E-state index is 11.7. The minimum Gasteiger partial charge on any atom is -0.398 e. The number of nitrogens with one attached hydrogen (secondary N) is 1. The molecule has 1 aromatic heterocycles. The Bertz CT molecular complexity index is 600. The predicted octanol–water partition coefficient (Wildman–Crippen LogP) is 3.06. The SMILES string of the molecule is Cc1cc(NC(=O)CSc2cc(Br)ccc2N)on1. The summed E-state index contributed by atoms with van der Waals surface area (Å²) in [6, 6.07) is 7.20. The standard InChI is InChI=1S/C12H12BrN3O2S/c1-7-4-12(18-16-7)15-11(17)6-19-10-5-8(13)2-3-9(10)14/h2-5H,6,14H2,1H3,(H,15,17). The molecule has 0 aliphatic carbocycles. The number of nitrogens with two attached hydrogens (primary N) is 1. The zero-order valence-electron chi connectivity index (χ0n) is 10.1. The van der Waals surface area contributed by atoms with Gasteiger partial charge >= 0.3 is 0 Å². The number of amides is 1. The topological polar surface area (TPSA) is 81.2 Å². The number of carbonyl (C=O) groups excluding carboxylic acids is 1. The maximum absolute atomic E-state index is 11.7. The van der Waals surface area contributed by atoms with Gasteiger partial charge in [-0.05, 0) is 25.1 Å². The molecular formula is C12H12BrN3O2S. The van der Waals surface area contributed by atoms with Crippen LogP contribution in [0.4, 0.5) is 11.6 Å². The number of nitrogens with zero attached hydrogens (tertiary/aromatic N) is 1. The summed E-state index contributed by atoms with van der Waals surface area (Å²) < 4.78 is 5.83. The second-order valence-corrected chi connectivity index (χ2v) is 5.78. The Kier molecular flexibility index (Phi) is 4.49. The highest BCUT2D eigenvalue weighted by Gasteiger charge is 2.08. The van der Waals surface area contributed by atoms with E-state index in [9.17, 15) is 4.79 Å². The zero-order chi connectivity index (χ0) is 13.8. The predicted molar refractivity (Wildman–Crippen MR) is 79.1 cm³/mol. The lowest BCUT2D eigenvalue weighted by Gasteiger charge is -2.05. The number of benzene rings is 1. The van der Waals surface area contributed by atoms with Gasteiger partial charge in [0.15, 0.2) is 0 Å². The van der Waals surface area contributed by atoms with Crippen molar-refractivity contribution < 1.29 is 9.32 Å². The van der Waals surface area contributed by atoms with Crippen LogP contribution in [0.2, 0.25) is 0 Å². The van der Waals surface area contributed by atoms with Crippen molar-refractivity contribution in [3.63, 3.8) is 0 Å². The number of carbonyl (C=O) groups is 1. The third kappa shape index (κ3) is 4.00. The molecule has 100 valence electrons. The van der Waals surface area contributed by atoms with Crippen molar-refractivity contribution in [1.82, 2.24) is 5.16 Å². The largest absolute Gasteiger partial charge is 0.398 e. The van der Waals surface area contributed by atoms with Crippen LogP contribution in [0.15, 0.2) is 38.2 Å². The average Bonchev–Trinajstić information content (AvgIpc) is 2.76. The molecule has 0 aliphatic heterocycles. The lowest BCUT2D eigenvalue weighted by atomic mass is 10.3. The van der Waals surface area contributed by atoms with Gasteiger partial charge in [-0.1, -0.05) is 21.1 Å². The number of nitrogen functional groups attached to an aromatic ring is 1. The van der Waals surface area contributed by atoms with E-state index in [2.05, 4.69) is 26.4 Å². The maximum Gasteiger partial charge on any atom is 0.237 e. The van der Waals surface area contributed by atoms with Crippen molar-refractivity contribution in [1.29, 1.82) is 0 Å². The van der Waals surface area contributed by atoms with Crippen LogP contribution in [0.25, 0.3) is 0 Å². The molecule has 2 rings (SSSR count). The number of anilines is 2. The Hall–Kier alpha value is -1.47. The number of rotatable bonds is 4. The number of hydrogen-bond acceptors (Lipinski definition) is 5. The number of thioether (sulfide) groups is 1. The first-order valence-electron chi connectivity index (χ1n) is 5.45. The highest BCUT2D eigenvalue weighted by atomic mass is 79.9. The van der Waals surface area contributed by atoms with Crippen molar-refractivity contribution in [2.75, 3.05) is 16.8 Å². The van der Waals surface area contributed by atoms with E-state index >= 15 is 0 Å². The molecule has 0 spiro atoms. The second kappa shape index (κ2) is 6.12. The first-order chi connectivity index (χ1) is 9.04. The van der Waals surface area contributed by atoms with Crippen molar-refractivity contribution in [2.24, 2.45) is 0 Å². The molecular weight excluding hydrogens is 330 g/mol. The Balaban J connectivity index is 1.91. The molecule has 0 saturated heterocycles. The quantitative estimate of drug-likeness (QED) is 0.659. The highest BCUT2D eigenvalue weighted by Crippen LogP contribution is 2.28. The summed E-state index contributed by atoms with van der Waals surface area (Å²) in [7, 11) is 0. The van der Waals surface area contributed by atoms with Crippen LogP contribution in [0.1, 0.15) is 5.69 Å². The fourth-order valence-electron chi connectivity index (χ4n) is 1.37. The molecule has 0 unspecified atom stereocenters. The molecule has 0 fully saturated rings. The fraction of sp³-hybridized carbons (Fsp3) is 0.167. The smallest absolute Gasteiger partial charge is 0.237 e. The zero-order valence-corrected chi connectivity index (χ0v) is 12.5. The van der Waals surface area contributed by atoms with Gasteiger partial charge in [0.05, 0.1) is 11.4 Å². The summed E-state index contributed by atoms with van der Waals surface area (Å²) in [4.78, 5) is 12.6. The molecule has 19 heavy (non-hydrogen) atoms. The Morgan fingerprint density at radius 2 is 2.32 bits per heavy atom. The van der Waals surface area contributed by atoms with Gasteiger partial charge in [0.25, 0.3) is 0 Å². The molecule has 0 bridgehead atoms. The van der Waals surface area contributed by atoms with Gasteiger partial charge in [0, 0.05) is 21.1 Å². The lowest BCUT2D eigenvalue weighted by molar-refractivity contribution is -0.113. The Morgan fingerprint density at radius 3 is 3.00 bits per heavy atom. The van der Waals surface area contributed by atoms with E-state index in [0.717, 1.165) is 15.1 Å². The van der Waals surface area contributed by atoms with Gasteiger partial charge in [0.1, 0.15) is 0 Å². The summed E-state index contributed by atoms with van der Waals surface area (Å²) in [5, 5.41) is 6.32. The van der Waals surface area contributed by atoms with Gasteiger partial charge < -0.3 is 10.3 Å². The minimum atomic E-state index is -0.166. The molecule has 0 aliphatic rings. The van der Waals surface area contributed by atoms with Crippen LogP contribution in [-0.4, -0.2) is 16.8 Å². The first-order valence-corrected chi connectivity index (χ1v) is 7.23. The molecule has 1 aromatic carbocycles. The van der Waals surface area contributed by atoms with Crippen LogP contribution in [-0.2, 0) is 4.79 Å². The molecule has 2 aromatic rings. The van der Waals surface area contributed by atoms with Gasteiger partial charge in [-0.25, -0.2) is 0 Å². The number of hydrogen-bond donors (Lipinski definition) is 2. The van der Waals surface area contributed by atoms with Gasteiger partial charge in [-0.15, -0.1) is 11.8 Å². The molecule has 1 heterocycles. The number of halogens is 1. The van der Waals surface area contributed by atoms with E-state index in [-0.39, 0.29) is 11.7 Å². The monoisotopic (exact) mass is 341 g/mol. The summed E-state index contributed by atoms with van der Waals surface area (Å²) >= 11 is 4.73. The molecule has 5 nitrogen and oxygen atoms in total. The summed E-state index contributed by atoms with van der Waals surface area (Å²) in [5.74, 6) is 0.436. The van der Waals surface area contributed by atoms with E-state index in [4.69, 9.17) is 10.3 Å². The van der Waals surface area contributed by atoms with Crippen LogP contribution < -0.4 is 11.1 Å². The third-order valence-electron chi connectivity index (χ3n) is 2.22. The third-order valence-corrected chi connectivity index (χ3v) is 3.79. The normalized spacial score (nSPS) is 10.4. The van der Waals surface area contributed by atoms with Gasteiger partial charge in [-0.3, -0.25) is 10.1 Å². The minimum absolute atomic E-state index is 0.166. The first kappa shape index (κ1) is 14.0. The van der Waals surface area contributed by atoms with Crippen molar-refractivity contribution in [3.05, 3.63) is 34.4 Å². The lowest BCUT2D eigenvalue weighted by Crippen LogP contribution is -2.13. The average molecular weight is 342 g/mol. The summed E-state index contributed by atoms with van der Waals surface area (Å²) in [6.45, 7) is 1.79. The number of aryl methyl sites for hydroxylation is 1. The van der Waals surface area contributed by atoms with Crippen molar-refractivity contribution >= 4 is 45.2 Å². The summed E-state index contributed by atoms with van der Waals surface area (Å²) in [6.07, 6.45) is 0. The van der Waals surface area contributed by atoms with Crippen molar-refractivity contribution in [2.45, 2.75) is 11.8 Å². The molecule has 0 saturated carbocycles. The summed E-state index contributed by atoms with van der Waals surface area (Å²) in [5.41, 5.74) is 7.20. The van der Waals surface area contributed by atoms with E-state index in [0.29, 0.717) is 11.6 Å².